The third kappa shape index (κ3) is 3.81. The Kier molecular flexibility index (Phi) is 4.65. The highest BCUT2D eigenvalue weighted by Gasteiger charge is 2.20. The Morgan fingerprint density at radius 3 is 2.77 bits per heavy atom. The third-order valence-electron chi connectivity index (χ3n) is 3.62. The Morgan fingerprint density at radius 2 is 2.00 bits per heavy atom. The van der Waals surface area contributed by atoms with E-state index in [0.29, 0.717) is 11.6 Å². The molecule has 0 atom stereocenters. The third-order valence-corrected chi connectivity index (χ3v) is 3.87. The van der Waals surface area contributed by atoms with Crippen LogP contribution in [0.3, 0.4) is 0 Å². The molecule has 1 saturated heterocycles. The number of pyridine rings is 1. The molecule has 2 aromatic rings. The van der Waals surface area contributed by atoms with Crippen molar-refractivity contribution in [2.45, 2.75) is 0 Å². The molecule has 0 amide bonds. The molecule has 1 aromatic carbocycles. The fraction of sp³-hybridized carbons (Fsp3) is 0.312. The molecule has 1 N–H and O–H groups in total. The number of benzene rings is 1. The normalized spacial score (nSPS) is 15.2. The van der Waals surface area contributed by atoms with Crippen LogP contribution in [0, 0.1) is 0 Å². The van der Waals surface area contributed by atoms with Gasteiger partial charge in [0.1, 0.15) is 18.1 Å². The second-order valence-corrected chi connectivity index (χ2v) is 5.66. The number of anilines is 1. The molecule has 116 valence electrons. The smallest absolute Gasteiger partial charge is 0.135 e. The lowest BCUT2D eigenvalue weighted by Crippen LogP contribution is -2.29. The molecule has 0 radical (unpaired) electrons. The van der Waals surface area contributed by atoms with Crippen LogP contribution in [0.25, 0.3) is 0 Å². The van der Waals surface area contributed by atoms with Gasteiger partial charge in [0.25, 0.3) is 0 Å². The van der Waals surface area contributed by atoms with Gasteiger partial charge in [-0.05, 0) is 24.3 Å². The zero-order valence-electron chi connectivity index (χ0n) is 12.2. The molecule has 1 fully saturated rings. The fourth-order valence-electron chi connectivity index (χ4n) is 2.45. The average molecular weight is 320 g/mol. The molecular formula is C16H18ClN3O2. The lowest BCUT2D eigenvalue weighted by atomic mass is 10.3. The van der Waals surface area contributed by atoms with E-state index in [-0.39, 0.29) is 5.75 Å². The molecule has 6 heteroatoms. The van der Waals surface area contributed by atoms with Gasteiger partial charge in [-0.2, -0.15) is 0 Å². The number of hydrogen-bond acceptors (Lipinski definition) is 5. The van der Waals surface area contributed by atoms with Crippen molar-refractivity contribution in [3.8, 4) is 11.5 Å². The first-order valence-electron chi connectivity index (χ1n) is 7.20. The predicted molar refractivity (Wildman–Crippen MR) is 86.6 cm³/mol. The van der Waals surface area contributed by atoms with Gasteiger partial charge in [-0.15, -0.1) is 0 Å². The van der Waals surface area contributed by atoms with Gasteiger partial charge in [0.15, 0.2) is 0 Å². The van der Waals surface area contributed by atoms with Crippen molar-refractivity contribution >= 4 is 17.3 Å². The second-order valence-electron chi connectivity index (χ2n) is 5.23. The van der Waals surface area contributed by atoms with Crippen LogP contribution in [0.1, 0.15) is 0 Å². The standard InChI is InChI=1S/C16H18ClN3O2/c17-13-1-3-16(4-2-13)22-8-7-19-5-6-20(12-19)14-9-15(21)11-18-10-14/h1-4,9-11,21H,5-8,12H2. The Morgan fingerprint density at radius 1 is 1.18 bits per heavy atom. The SMILES string of the molecule is Oc1cncc(N2CCN(CCOc3ccc(Cl)cc3)C2)c1. The highest BCUT2D eigenvalue weighted by atomic mass is 35.5. The zero-order chi connectivity index (χ0) is 15.4. The van der Waals surface area contributed by atoms with E-state index in [2.05, 4.69) is 14.8 Å². The number of rotatable bonds is 5. The highest BCUT2D eigenvalue weighted by molar-refractivity contribution is 6.30. The molecule has 0 saturated carbocycles. The fourth-order valence-corrected chi connectivity index (χ4v) is 2.58. The Labute approximate surface area is 134 Å². The summed E-state index contributed by atoms with van der Waals surface area (Å²) in [5, 5.41) is 10.2. The van der Waals surface area contributed by atoms with Gasteiger partial charge in [0.05, 0.1) is 24.7 Å². The largest absolute Gasteiger partial charge is 0.506 e. The predicted octanol–water partition coefficient (Wildman–Crippen LogP) is 2.60. The lowest BCUT2D eigenvalue weighted by molar-refractivity contribution is 0.239. The van der Waals surface area contributed by atoms with E-state index < -0.39 is 0 Å². The molecule has 1 aliphatic heterocycles. The van der Waals surface area contributed by atoms with Crippen molar-refractivity contribution in [3.05, 3.63) is 47.7 Å². The van der Waals surface area contributed by atoms with E-state index in [9.17, 15) is 5.11 Å². The van der Waals surface area contributed by atoms with Crippen molar-refractivity contribution < 1.29 is 9.84 Å². The topological polar surface area (TPSA) is 48.8 Å². The molecule has 0 aliphatic carbocycles. The summed E-state index contributed by atoms with van der Waals surface area (Å²) in [6.45, 7) is 4.19. The second kappa shape index (κ2) is 6.85. The number of nitrogens with zero attached hydrogens (tertiary/aromatic N) is 3. The van der Waals surface area contributed by atoms with Gasteiger partial charge in [-0.1, -0.05) is 11.6 Å². The van der Waals surface area contributed by atoms with Crippen LogP contribution in [0.2, 0.25) is 5.02 Å². The molecular weight excluding hydrogens is 302 g/mol. The summed E-state index contributed by atoms with van der Waals surface area (Å²) in [7, 11) is 0. The molecule has 0 spiro atoms. The number of hydrogen-bond donors (Lipinski definition) is 1. The van der Waals surface area contributed by atoms with E-state index in [1.54, 1.807) is 12.3 Å². The van der Waals surface area contributed by atoms with E-state index in [4.69, 9.17) is 16.3 Å². The van der Waals surface area contributed by atoms with E-state index >= 15 is 0 Å². The lowest BCUT2D eigenvalue weighted by Gasteiger charge is -2.19. The van der Waals surface area contributed by atoms with Crippen molar-refractivity contribution in [3.63, 3.8) is 0 Å². The number of aromatic nitrogens is 1. The maximum Gasteiger partial charge on any atom is 0.135 e. The first-order chi connectivity index (χ1) is 10.7. The summed E-state index contributed by atoms with van der Waals surface area (Å²) in [6.07, 6.45) is 3.21. The molecule has 1 aromatic heterocycles. The summed E-state index contributed by atoms with van der Waals surface area (Å²) in [5.74, 6) is 1.03. The van der Waals surface area contributed by atoms with E-state index in [1.165, 1.54) is 6.20 Å². The summed E-state index contributed by atoms with van der Waals surface area (Å²) in [5.41, 5.74) is 0.945. The summed E-state index contributed by atoms with van der Waals surface area (Å²) in [6, 6.07) is 9.13. The van der Waals surface area contributed by atoms with Gasteiger partial charge in [-0.25, -0.2) is 0 Å². The Bertz CT molecular complexity index is 621. The highest BCUT2D eigenvalue weighted by Crippen LogP contribution is 2.21. The van der Waals surface area contributed by atoms with Crippen LogP contribution in [-0.4, -0.2) is 47.9 Å². The molecule has 3 rings (SSSR count). The van der Waals surface area contributed by atoms with Crippen LogP contribution in [0.15, 0.2) is 42.7 Å². The summed E-state index contributed by atoms with van der Waals surface area (Å²) >= 11 is 5.84. The van der Waals surface area contributed by atoms with Crippen LogP contribution < -0.4 is 9.64 Å². The van der Waals surface area contributed by atoms with Gasteiger partial charge in [-0.3, -0.25) is 9.88 Å². The summed E-state index contributed by atoms with van der Waals surface area (Å²) < 4.78 is 5.71. The maximum atomic E-state index is 9.49. The zero-order valence-corrected chi connectivity index (χ0v) is 12.9. The molecule has 2 heterocycles. The monoisotopic (exact) mass is 319 g/mol. The minimum atomic E-state index is 0.196. The van der Waals surface area contributed by atoms with Crippen LogP contribution in [0.5, 0.6) is 11.5 Å². The molecule has 22 heavy (non-hydrogen) atoms. The van der Waals surface area contributed by atoms with Gasteiger partial charge in [0.2, 0.25) is 0 Å². The molecule has 0 bridgehead atoms. The first kappa shape index (κ1) is 14.9. The number of halogens is 1. The van der Waals surface area contributed by atoms with Crippen molar-refractivity contribution in [1.82, 2.24) is 9.88 Å². The number of ether oxygens (including phenoxy) is 1. The van der Waals surface area contributed by atoms with Crippen molar-refractivity contribution in [2.75, 3.05) is 37.8 Å². The first-order valence-corrected chi connectivity index (χ1v) is 7.58. The molecule has 1 aliphatic rings. The minimum absolute atomic E-state index is 0.196. The quantitative estimate of drug-likeness (QED) is 0.918. The average Bonchev–Trinajstić information content (AvgIpc) is 2.98. The van der Waals surface area contributed by atoms with Crippen LogP contribution >= 0.6 is 11.6 Å². The number of aromatic hydroxyl groups is 1. The van der Waals surface area contributed by atoms with E-state index in [1.807, 2.05) is 24.3 Å². The molecule has 5 nitrogen and oxygen atoms in total. The maximum absolute atomic E-state index is 9.49. The van der Waals surface area contributed by atoms with Crippen LogP contribution in [0.4, 0.5) is 5.69 Å². The Balaban J connectivity index is 1.46. The van der Waals surface area contributed by atoms with Gasteiger partial charge in [0, 0.05) is 30.7 Å². The Hall–Kier alpha value is -1.98. The summed E-state index contributed by atoms with van der Waals surface area (Å²) in [4.78, 5) is 8.51. The van der Waals surface area contributed by atoms with E-state index in [0.717, 1.165) is 37.7 Å². The van der Waals surface area contributed by atoms with Crippen molar-refractivity contribution in [2.24, 2.45) is 0 Å². The van der Waals surface area contributed by atoms with Crippen molar-refractivity contribution in [1.29, 1.82) is 0 Å². The minimum Gasteiger partial charge on any atom is -0.506 e. The van der Waals surface area contributed by atoms with Gasteiger partial charge < -0.3 is 14.7 Å². The molecule has 0 unspecified atom stereocenters. The van der Waals surface area contributed by atoms with Gasteiger partial charge >= 0.3 is 0 Å². The van der Waals surface area contributed by atoms with Crippen LogP contribution in [-0.2, 0) is 0 Å².